The number of unbranched alkanes of at least 4 members (excludes halogenated alkanes) is 1. The Morgan fingerprint density at radius 2 is 0.965 bits per heavy atom. The molecule has 2 atom stereocenters. The van der Waals surface area contributed by atoms with E-state index in [0.29, 0.717) is 12.5 Å². The first kappa shape index (κ1) is 54.5. The van der Waals surface area contributed by atoms with Crippen LogP contribution in [-0.2, 0) is 10.8 Å². The van der Waals surface area contributed by atoms with E-state index in [1.165, 1.54) is 83.0 Å². The molecule has 0 saturated carbocycles. The van der Waals surface area contributed by atoms with Crippen LogP contribution in [0.5, 0.6) is 5.75 Å². The van der Waals surface area contributed by atoms with Crippen molar-refractivity contribution in [1.29, 1.82) is 0 Å². The van der Waals surface area contributed by atoms with Crippen LogP contribution in [0.2, 0.25) is 0 Å². The highest BCUT2D eigenvalue weighted by atomic mass is 16.5. The second-order valence-corrected chi connectivity index (χ2v) is 24.2. The Bertz CT molecular complexity index is 4340. The van der Waals surface area contributed by atoms with Crippen molar-refractivity contribution in [3.8, 4) is 55.9 Å². The maximum Gasteiger partial charge on any atom is 0.119 e. The molecule has 2 unspecified atom stereocenters. The van der Waals surface area contributed by atoms with Gasteiger partial charge in [-0.3, -0.25) is 0 Å². The molecule has 416 valence electrons. The minimum atomic E-state index is -0.330. The number of rotatable bonds is 18. The topological polar surface area (TPSA) is 17.4 Å². The molecular weight excluding hydrogens is 1030 g/mol. The smallest absolute Gasteiger partial charge is 0.119 e. The van der Waals surface area contributed by atoms with Crippen molar-refractivity contribution in [2.24, 2.45) is 5.92 Å². The fraction of sp³-hybridized carbons (Fsp3) is 0.146. The number of fused-ring (bicyclic) bond motifs is 6. The molecule has 1 aliphatic rings. The van der Waals surface area contributed by atoms with Gasteiger partial charge >= 0.3 is 0 Å². The van der Waals surface area contributed by atoms with Crippen LogP contribution in [0.4, 0.5) is 17.1 Å². The summed E-state index contributed by atoms with van der Waals surface area (Å²) >= 11 is 0. The summed E-state index contributed by atoms with van der Waals surface area (Å²) in [4.78, 5) is 2.43. The summed E-state index contributed by atoms with van der Waals surface area (Å²) in [5.74, 6) is 1.33. The van der Waals surface area contributed by atoms with E-state index in [4.69, 9.17) is 4.74 Å². The van der Waals surface area contributed by atoms with Crippen LogP contribution < -0.4 is 9.64 Å². The zero-order chi connectivity index (χ0) is 58.1. The predicted octanol–water partition coefficient (Wildman–Crippen LogP) is 22.4. The normalized spacial score (nSPS) is 14.0. The van der Waals surface area contributed by atoms with E-state index in [1.807, 2.05) is 24.3 Å². The monoisotopic (exact) mass is 1100 g/mol. The summed E-state index contributed by atoms with van der Waals surface area (Å²) in [5, 5.41) is 2.44. The van der Waals surface area contributed by atoms with Crippen molar-refractivity contribution in [2.75, 3.05) is 11.5 Å². The van der Waals surface area contributed by atoms with Crippen LogP contribution in [0.15, 0.2) is 274 Å². The van der Waals surface area contributed by atoms with E-state index in [9.17, 15) is 0 Å². The van der Waals surface area contributed by atoms with Gasteiger partial charge in [-0.1, -0.05) is 242 Å². The van der Waals surface area contributed by atoms with Crippen molar-refractivity contribution in [3.05, 3.63) is 307 Å². The number of aromatic nitrogens is 1. The third-order valence-corrected chi connectivity index (χ3v) is 17.7. The maximum absolute atomic E-state index is 6.26. The first-order valence-corrected chi connectivity index (χ1v) is 30.2. The molecule has 0 bridgehead atoms. The number of hydrogen-bond acceptors (Lipinski definition) is 2. The van der Waals surface area contributed by atoms with E-state index in [-0.39, 0.29) is 10.8 Å². The van der Waals surface area contributed by atoms with Crippen LogP contribution in [0, 0.1) is 5.92 Å². The lowest BCUT2D eigenvalue weighted by Crippen LogP contribution is -2.27. The molecule has 1 aromatic heterocycles. The number of para-hydroxylation sites is 1. The summed E-state index contributed by atoms with van der Waals surface area (Å²) in [6.45, 7) is 17.7. The number of ether oxygens (including phenoxy) is 1. The highest BCUT2D eigenvalue weighted by Gasteiger charge is 2.44. The number of anilines is 3. The van der Waals surface area contributed by atoms with Gasteiger partial charge in [0.2, 0.25) is 0 Å². The molecule has 0 radical (unpaired) electrons. The van der Waals surface area contributed by atoms with Gasteiger partial charge in [0, 0.05) is 38.9 Å². The van der Waals surface area contributed by atoms with Gasteiger partial charge in [0.25, 0.3) is 0 Å². The molecule has 3 nitrogen and oxygen atoms in total. The van der Waals surface area contributed by atoms with Gasteiger partial charge in [0.1, 0.15) is 5.75 Å². The fourth-order valence-electron chi connectivity index (χ4n) is 13.1. The van der Waals surface area contributed by atoms with Gasteiger partial charge in [-0.2, -0.15) is 0 Å². The molecule has 1 aliphatic carbocycles. The van der Waals surface area contributed by atoms with Crippen molar-refractivity contribution in [1.82, 2.24) is 4.57 Å². The predicted molar refractivity (Wildman–Crippen MR) is 362 cm³/mol. The van der Waals surface area contributed by atoms with Crippen LogP contribution >= 0.6 is 0 Å². The average Bonchev–Trinajstić information content (AvgIpc) is 1.73. The van der Waals surface area contributed by atoms with Gasteiger partial charge in [-0.05, 0) is 187 Å². The number of nitrogens with zero attached hydrogens (tertiary/aromatic N) is 2. The molecule has 0 saturated heterocycles. The second-order valence-electron chi connectivity index (χ2n) is 24.2. The lowest BCUT2D eigenvalue weighted by atomic mass is 9.69. The van der Waals surface area contributed by atoms with Gasteiger partial charge in [-0.25, -0.2) is 0 Å². The Hall–Kier alpha value is -9.70. The van der Waals surface area contributed by atoms with Gasteiger partial charge in [0.15, 0.2) is 0 Å². The summed E-state index contributed by atoms with van der Waals surface area (Å²) < 4.78 is 8.69. The first-order valence-electron chi connectivity index (χ1n) is 30.2. The number of hydrogen-bond donors (Lipinski definition) is 0. The zero-order valence-corrected chi connectivity index (χ0v) is 49.3. The molecule has 12 aromatic rings. The molecule has 85 heavy (non-hydrogen) atoms. The van der Waals surface area contributed by atoms with Gasteiger partial charge in [-0.15, -0.1) is 0 Å². The van der Waals surface area contributed by atoms with Crippen molar-refractivity contribution in [3.63, 3.8) is 0 Å². The Kier molecular flexibility index (Phi) is 14.9. The molecule has 1 heterocycles. The van der Waals surface area contributed by atoms with Crippen LogP contribution in [0.1, 0.15) is 86.8 Å². The summed E-state index contributed by atoms with van der Waals surface area (Å²) in [6, 6.07) is 96.6. The van der Waals surface area contributed by atoms with Crippen LogP contribution in [-0.4, -0.2) is 11.2 Å². The molecule has 0 N–H and O–H groups in total. The summed E-state index contributed by atoms with van der Waals surface area (Å²) in [6.07, 6.45) is 8.03. The van der Waals surface area contributed by atoms with Crippen LogP contribution in [0.3, 0.4) is 0 Å². The molecule has 0 aliphatic heterocycles. The maximum atomic E-state index is 6.26. The second kappa shape index (κ2) is 23.2. The fourth-order valence-corrected chi connectivity index (χ4v) is 13.1. The van der Waals surface area contributed by atoms with Crippen molar-refractivity contribution in [2.45, 2.75) is 64.2 Å². The lowest BCUT2D eigenvalue weighted by molar-refractivity contribution is 0.248. The van der Waals surface area contributed by atoms with Crippen molar-refractivity contribution < 1.29 is 4.74 Å². The first-order chi connectivity index (χ1) is 41.6. The minimum absolute atomic E-state index is 0.0799. The van der Waals surface area contributed by atoms with Crippen molar-refractivity contribution >= 4 is 51.0 Å². The Morgan fingerprint density at radius 1 is 0.471 bits per heavy atom. The zero-order valence-electron chi connectivity index (χ0n) is 49.3. The highest BCUT2D eigenvalue weighted by Crippen LogP contribution is 2.56. The van der Waals surface area contributed by atoms with E-state index < -0.39 is 0 Å². The molecule has 3 heteroatoms. The largest absolute Gasteiger partial charge is 0.493 e. The Labute approximate surface area is 502 Å². The molecule has 11 aromatic carbocycles. The van der Waals surface area contributed by atoms with Crippen LogP contribution in [0.25, 0.3) is 84.2 Å². The molecule has 0 spiro atoms. The lowest BCUT2D eigenvalue weighted by Gasteiger charge is -2.34. The number of benzene rings is 11. The molecule has 0 amide bonds. The van der Waals surface area contributed by atoms with Gasteiger partial charge < -0.3 is 14.2 Å². The standard InChI is InChI=1S/C82H72N2O/c1-7-58-26-30-60(31-27-58)61-34-44-70(45-35-61)84-79-50-38-64(62-32-40-66(41-33-62)81(4,5)6)53-75(79)76-54-65(39-51-80(76)84)63-36-42-69(43-37-63)83(68-22-13-10-14-23-68)71-46-49-74-73-24-15-16-25-77(73)82(78(74)55-71,67-20-11-9-12-21-67)52-18-17-19-57(3)56-85-72-47-28-59(8-2)29-48-72/h7-16,20-51,53-55,57H,1-2,17-19,52,56H2,3-6H3. The SMILES string of the molecule is C=Cc1ccc(OCC(C)CCCCC2(c3ccccc3)c3ccccc3-c3ccc(N(c4ccccc4)c4ccc(-c5ccc6c(c5)c5cc(-c7ccc(C(C)(C)C)cc7)ccc5n6-c5ccc(-c6ccc(C=C)cc6)cc5)cc4)cc32)cc1. The third kappa shape index (κ3) is 10.6. The van der Waals surface area contributed by atoms with E-state index in [1.54, 1.807) is 0 Å². The van der Waals surface area contributed by atoms with E-state index in [0.717, 1.165) is 70.9 Å². The highest BCUT2D eigenvalue weighted by molar-refractivity contribution is 6.11. The molecular formula is C82H72N2O. The summed E-state index contributed by atoms with van der Waals surface area (Å²) in [7, 11) is 0. The van der Waals surface area contributed by atoms with Gasteiger partial charge in [0.05, 0.1) is 17.6 Å². The summed E-state index contributed by atoms with van der Waals surface area (Å²) in [5.41, 5.74) is 24.0. The van der Waals surface area contributed by atoms with E-state index in [2.05, 4.69) is 299 Å². The quantitative estimate of drug-likeness (QED) is 0.0797. The third-order valence-electron chi connectivity index (χ3n) is 17.7. The average molecular weight is 1100 g/mol. The Balaban J connectivity index is 0.849. The molecule has 13 rings (SSSR count). The Morgan fingerprint density at radius 3 is 1.58 bits per heavy atom. The minimum Gasteiger partial charge on any atom is -0.493 e. The van der Waals surface area contributed by atoms with E-state index >= 15 is 0 Å². The molecule has 0 fully saturated rings.